The minimum Gasteiger partial charge on any atom is -0.228 e. The zero-order chi connectivity index (χ0) is 19.2. The van der Waals surface area contributed by atoms with Crippen molar-refractivity contribution in [1.29, 1.82) is 0 Å². The number of hydrogen-bond donors (Lipinski definition) is 0. The molecule has 1 aliphatic carbocycles. The van der Waals surface area contributed by atoms with E-state index in [0.29, 0.717) is 16.1 Å². The third-order valence-corrected chi connectivity index (χ3v) is 6.81. The van der Waals surface area contributed by atoms with Gasteiger partial charge in [0.1, 0.15) is 10.6 Å². The smallest absolute Gasteiger partial charge is 0.205 e. The quantitative estimate of drug-likeness (QED) is 0.672. The van der Waals surface area contributed by atoms with Crippen molar-refractivity contribution in [3.8, 4) is 0 Å². The van der Waals surface area contributed by atoms with Crippen molar-refractivity contribution < 1.29 is 17.2 Å². The Morgan fingerprint density at radius 3 is 2.19 bits per heavy atom. The van der Waals surface area contributed by atoms with Gasteiger partial charge in [0.25, 0.3) is 0 Å². The maximum atomic E-state index is 15.3. The monoisotopic (exact) mass is 394 g/mol. The first kappa shape index (κ1) is 18.8. The summed E-state index contributed by atoms with van der Waals surface area (Å²) in [7, 11) is -3.85. The molecule has 0 saturated carbocycles. The lowest BCUT2D eigenvalue weighted by Gasteiger charge is -2.33. The molecule has 0 fully saturated rings. The molecule has 0 saturated heterocycles. The van der Waals surface area contributed by atoms with Crippen LogP contribution < -0.4 is 0 Å². The summed E-state index contributed by atoms with van der Waals surface area (Å²) in [5.74, 6) is -1.16. The molecule has 3 rings (SSSR count). The first-order valence-corrected chi connectivity index (χ1v) is 10.2. The van der Waals surface area contributed by atoms with Crippen molar-refractivity contribution in [3.63, 3.8) is 0 Å². The molecule has 0 aromatic heterocycles. The second-order valence-corrected chi connectivity index (χ2v) is 9.06. The molecule has 136 valence electrons. The Balaban J connectivity index is 2.22. The molecule has 2 aromatic carbocycles. The second kappa shape index (κ2) is 6.32. The molecule has 0 radical (unpaired) electrons. The van der Waals surface area contributed by atoms with Gasteiger partial charge in [0.05, 0.1) is 0 Å². The lowest BCUT2D eigenvalue weighted by Crippen LogP contribution is -2.36. The Morgan fingerprint density at radius 2 is 1.65 bits per heavy atom. The molecule has 0 bridgehead atoms. The summed E-state index contributed by atoms with van der Waals surface area (Å²) in [6.45, 7) is 1.72. The highest BCUT2D eigenvalue weighted by molar-refractivity contribution is 7.92. The Bertz CT molecular complexity index is 1020. The van der Waals surface area contributed by atoms with Crippen LogP contribution in [0.4, 0.5) is 8.78 Å². The van der Waals surface area contributed by atoms with Crippen LogP contribution in [0.25, 0.3) is 0 Å². The van der Waals surface area contributed by atoms with Crippen LogP contribution in [0.1, 0.15) is 16.7 Å². The van der Waals surface area contributed by atoms with E-state index in [2.05, 4.69) is 0 Å². The van der Waals surface area contributed by atoms with Crippen molar-refractivity contribution >= 4 is 21.4 Å². The molecule has 2 atom stereocenters. The van der Waals surface area contributed by atoms with Crippen molar-refractivity contribution in [2.45, 2.75) is 17.3 Å². The van der Waals surface area contributed by atoms with Gasteiger partial charge in [-0.3, -0.25) is 0 Å². The van der Waals surface area contributed by atoms with Crippen LogP contribution in [-0.4, -0.2) is 14.7 Å². The van der Waals surface area contributed by atoms with Gasteiger partial charge in [-0.2, -0.15) is 0 Å². The number of sulfone groups is 1. The van der Waals surface area contributed by atoms with Gasteiger partial charge in [-0.05, 0) is 41.8 Å². The summed E-state index contributed by atoms with van der Waals surface area (Å²) in [6.07, 6.45) is 4.03. The molecule has 0 heterocycles. The molecular formula is C20H17ClF2O2S. The van der Waals surface area contributed by atoms with E-state index in [0.717, 1.165) is 18.4 Å². The Hall–Kier alpha value is -1.98. The van der Waals surface area contributed by atoms with E-state index in [1.807, 2.05) is 0 Å². The van der Waals surface area contributed by atoms with Crippen LogP contribution in [0.15, 0.2) is 72.6 Å². The number of rotatable bonds is 3. The average Bonchev–Trinajstić information content (AvgIpc) is 2.59. The Kier molecular flexibility index (Phi) is 4.57. The maximum Gasteiger partial charge on any atom is 0.205 e. The Morgan fingerprint density at radius 1 is 1.00 bits per heavy atom. The van der Waals surface area contributed by atoms with Crippen molar-refractivity contribution in [1.82, 2.24) is 0 Å². The predicted octanol–water partition coefficient (Wildman–Crippen LogP) is 5.18. The molecule has 0 spiro atoms. The van der Waals surface area contributed by atoms with Crippen LogP contribution in [-0.2, 0) is 20.3 Å². The van der Waals surface area contributed by atoms with Gasteiger partial charge in [0, 0.05) is 11.3 Å². The topological polar surface area (TPSA) is 34.1 Å². The van der Waals surface area contributed by atoms with Crippen molar-refractivity contribution in [2.24, 2.45) is 0 Å². The number of halogens is 3. The van der Waals surface area contributed by atoms with Crippen molar-refractivity contribution in [2.75, 3.05) is 6.26 Å². The maximum absolute atomic E-state index is 15.3. The molecule has 6 heteroatoms. The summed E-state index contributed by atoms with van der Waals surface area (Å²) >= 11 is 6.02. The van der Waals surface area contributed by atoms with Crippen LogP contribution in [0.2, 0.25) is 5.02 Å². The van der Waals surface area contributed by atoms with E-state index < -0.39 is 26.1 Å². The third kappa shape index (κ3) is 2.89. The fourth-order valence-corrected chi connectivity index (χ4v) is 4.39. The van der Waals surface area contributed by atoms with Gasteiger partial charge in [0.2, 0.25) is 5.67 Å². The molecule has 0 aliphatic heterocycles. The zero-order valence-corrected chi connectivity index (χ0v) is 15.8. The molecule has 26 heavy (non-hydrogen) atoms. The van der Waals surface area contributed by atoms with E-state index in [-0.39, 0.29) is 5.56 Å². The van der Waals surface area contributed by atoms with E-state index in [4.69, 9.17) is 11.6 Å². The van der Waals surface area contributed by atoms with Gasteiger partial charge < -0.3 is 0 Å². The Labute approximate surface area is 156 Å². The molecule has 1 aliphatic rings. The molecule has 0 amide bonds. The minimum absolute atomic E-state index is 0.0967. The predicted molar refractivity (Wildman–Crippen MR) is 100 cm³/mol. The minimum atomic E-state index is -3.85. The van der Waals surface area contributed by atoms with Crippen LogP contribution >= 0.6 is 11.6 Å². The molecule has 0 N–H and O–H groups in total. The highest BCUT2D eigenvalue weighted by atomic mass is 35.5. The van der Waals surface area contributed by atoms with E-state index in [1.165, 1.54) is 24.3 Å². The number of aryl methyl sites for hydroxylation is 1. The highest BCUT2D eigenvalue weighted by Gasteiger charge is 2.47. The fourth-order valence-electron chi connectivity index (χ4n) is 3.09. The highest BCUT2D eigenvalue weighted by Crippen LogP contribution is 2.47. The largest absolute Gasteiger partial charge is 0.228 e. The third-order valence-electron chi connectivity index (χ3n) is 4.67. The summed E-state index contributed by atoms with van der Waals surface area (Å²) in [5, 5.41) is 0.464. The van der Waals surface area contributed by atoms with E-state index in [1.54, 1.807) is 37.3 Å². The standard InChI is InChI=1S/C20H17ClF2O2S/c1-14-12-16(8-9-17(14)21)19(26(2,24)25)10-11-20(23,18(22)13-19)15-6-4-3-5-7-15/h3-13H,1-2H3. The lowest BCUT2D eigenvalue weighted by atomic mass is 9.83. The molecule has 2 aromatic rings. The van der Waals surface area contributed by atoms with Gasteiger partial charge in [-0.25, -0.2) is 17.2 Å². The lowest BCUT2D eigenvalue weighted by molar-refractivity contribution is 0.232. The van der Waals surface area contributed by atoms with E-state index >= 15 is 4.39 Å². The fraction of sp³-hybridized carbons (Fsp3) is 0.200. The summed E-state index contributed by atoms with van der Waals surface area (Å²) in [5.41, 5.74) is -1.45. The van der Waals surface area contributed by atoms with Gasteiger partial charge in [0.15, 0.2) is 9.84 Å². The summed E-state index contributed by atoms with van der Waals surface area (Å²) in [4.78, 5) is 0. The average molecular weight is 395 g/mol. The van der Waals surface area contributed by atoms with E-state index in [9.17, 15) is 12.8 Å². The second-order valence-electron chi connectivity index (χ2n) is 6.43. The number of alkyl halides is 1. The van der Waals surface area contributed by atoms with Gasteiger partial charge in [-0.15, -0.1) is 0 Å². The number of hydrogen-bond acceptors (Lipinski definition) is 2. The SMILES string of the molecule is Cc1cc(C2(S(C)(=O)=O)C=CC(F)(c3ccccc3)C(F)=C2)ccc1Cl. The van der Waals surface area contributed by atoms with Crippen LogP contribution in [0, 0.1) is 6.92 Å². The summed E-state index contributed by atoms with van der Waals surface area (Å²) in [6, 6.07) is 12.4. The zero-order valence-electron chi connectivity index (χ0n) is 14.2. The van der Waals surface area contributed by atoms with Crippen molar-refractivity contribution in [3.05, 3.63) is 94.3 Å². The normalized spacial score (nSPS) is 25.8. The summed E-state index contributed by atoms with van der Waals surface area (Å²) < 4.78 is 53.7. The number of allylic oxidation sites excluding steroid dienone is 2. The first-order chi connectivity index (χ1) is 12.1. The molecule has 2 unspecified atom stereocenters. The van der Waals surface area contributed by atoms with Crippen LogP contribution in [0.5, 0.6) is 0 Å². The first-order valence-electron chi connectivity index (χ1n) is 7.90. The van der Waals surface area contributed by atoms with Crippen LogP contribution in [0.3, 0.4) is 0 Å². The number of benzene rings is 2. The molecule has 2 nitrogen and oxygen atoms in total. The van der Waals surface area contributed by atoms with Gasteiger partial charge in [-0.1, -0.05) is 60.1 Å². The molecular weight excluding hydrogens is 378 g/mol. The van der Waals surface area contributed by atoms with Gasteiger partial charge >= 0.3 is 0 Å².